The van der Waals surface area contributed by atoms with Gasteiger partial charge in [-0.3, -0.25) is 5.21 Å². The lowest BCUT2D eigenvalue weighted by molar-refractivity contribution is -0.910. The monoisotopic (exact) mass is 142 g/mol. The van der Waals surface area contributed by atoms with Crippen LogP contribution in [0.5, 0.6) is 0 Å². The molecule has 1 aromatic rings. The summed E-state index contributed by atoms with van der Waals surface area (Å²) >= 11 is 0. The van der Waals surface area contributed by atoms with Crippen LogP contribution in [0, 0.1) is 5.82 Å². The van der Waals surface area contributed by atoms with Gasteiger partial charge in [0.05, 0.1) is 0 Å². The fourth-order valence-electron chi connectivity index (χ4n) is 0.775. The molecule has 1 aromatic heterocycles. The van der Waals surface area contributed by atoms with Crippen LogP contribution in [0.2, 0.25) is 0 Å². The summed E-state index contributed by atoms with van der Waals surface area (Å²) in [5, 5.41) is 8.97. The number of pyridine rings is 1. The van der Waals surface area contributed by atoms with Crippen LogP contribution >= 0.6 is 0 Å². The maximum atomic E-state index is 12.3. The Bertz CT molecular complexity index is 237. The summed E-state index contributed by atoms with van der Waals surface area (Å²) in [4.78, 5) is 0. The van der Waals surface area contributed by atoms with Gasteiger partial charge in [0.2, 0.25) is 5.69 Å². The van der Waals surface area contributed by atoms with Crippen LogP contribution < -0.4 is 4.73 Å². The van der Waals surface area contributed by atoms with Crippen LogP contribution in [0.15, 0.2) is 18.3 Å². The Morgan fingerprint density at radius 1 is 1.60 bits per heavy atom. The van der Waals surface area contributed by atoms with Gasteiger partial charge in [0.15, 0.2) is 5.82 Å². The highest BCUT2D eigenvalue weighted by Gasteiger charge is 2.07. The fraction of sp³-hybridized carbons (Fsp3) is 0.286. The van der Waals surface area contributed by atoms with E-state index in [9.17, 15) is 4.39 Å². The summed E-state index contributed by atoms with van der Waals surface area (Å²) in [5.41, 5.74) is 0.696. The van der Waals surface area contributed by atoms with E-state index in [0.29, 0.717) is 12.1 Å². The Balaban J connectivity index is 3.07. The Labute approximate surface area is 58.5 Å². The summed E-state index contributed by atoms with van der Waals surface area (Å²) in [6, 6.07) is 2.88. The van der Waals surface area contributed by atoms with Gasteiger partial charge >= 0.3 is 0 Å². The molecule has 0 bridgehead atoms. The van der Waals surface area contributed by atoms with Crippen molar-refractivity contribution in [1.29, 1.82) is 0 Å². The second-order valence-electron chi connectivity index (χ2n) is 2.04. The van der Waals surface area contributed by atoms with Crippen LogP contribution in [0.25, 0.3) is 0 Å². The van der Waals surface area contributed by atoms with E-state index < -0.39 is 5.82 Å². The molecule has 1 heterocycles. The SMILES string of the molecule is CCc1ccc(F)c[n+]1O. The molecule has 1 N–H and O–H groups in total. The average Bonchev–Trinajstić information content (AvgIpc) is 1.88. The zero-order valence-electron chi connectivity index (χ0n) is 5.71. The van der Waals surface area contributed by atoms with Crippen LogP contribution in [0.1, 0.15) is 12.6 Å². The highest BCUT2D eigenvalue weighted by molar-refractivity contribution is 4.98. The van der Waals surface area contributed by atoms with Crippen LogP contribution in [-0.4, -0.2) is 5.21 Å². The molecule has 0 aliphatic rings. The van der Waals surface area contributed by atoms with Gasteiger partial charge in [-0.05, 0) is 6.07 Å². The lowest BCUT2D eigenvalue weighted by atomic mass is 10.3. The van der Waals surface area contributed by atoms with Gasteiger partial charge in [-0.25, -0.2) is 4.39 Å². The molecule has 1 rings (SSSR count). The van der Waals surface area contributed by atoms with E-state index in [4.69, 9.17) is 5.21 Å². The van der Waals surface area contributed by atoms with Crippen molar-refractivity contribution in [3.05, 3.63) is 29.8 Å². The second-order valence-corrected chi connectivity index (χ2v) is 2.04. The van der Waals surface area contributed by atoms with Crippen LogP contribution in [0.4, 0.5) is 4.39 Å². The minimum absolute atomic E-state index is 0.431. The van der Waals surface area contributed by atoms with Gasteiger partial charge in [-0.2, -0.15) is 0 Å². The number of aromatic nitrogens is 1. The fourth-order valence-corrected chi connectivity index (χ4v) is 0.775. The van der Waals surface area contributed by atoms with E-state index in [2.05, 4.69) is 0 Å². The van der Waals surface area contributed by atoms with Crippen molar-refractivity contribution in [2.75, 3.05) is 0 Å². The van der Waals surface area contributed by atoms with Gasteiger partial charge in [0.1, 0.15) is 0 Å². The molecule has 0 aliphatic carbocycles. The third kappa shape index (κ3) is 1.23. The first-order chi connectivity index (χ1) is 4.74. The molecule has 0 unspecified atom stereocenters. The predicted molar refractivity (Wildman–Crippen MR) is 33.2 cm³/mol. The van der Waals surface area contributed by atoms with Crippen molar-refractivity contribution < 1.29 is 14.3 Å². The largest absolute Gasteiger partial charge is 0.285 e. The molecule has 10 heavy (non-hydrogen) atoms. The molecule has 0 saturated carbocycles. The maximum Gasteiger partial charge on any atom is 0.258 e. The molecular formula is C7H9FNO+. The first-order valence-corrected chi connectivity index (χ1v) is 3.13. The third-order valence-electron chi connectivity index (χ3n) is 1.34. The molecule has 2 nitrogen and oxygen atoms in total. The zero-order valence-corrected chi connectivity index (χ0v) is 5.71. The molecule has 54 valence electrons. The summed E-state index contributed by atoms with van der Waals surface area (Å²) in [6.07, 6.45) is 1.73. The van der Waals surface area contributed by atoms with E-state index >= 15 is 0 Å². The molecule has 0 amide bonds. The van der Waals surface area contributed by atoms with Crippen molar-refractivity contribution in [2.24, 2.45) is 0 Å². The van der Waals surface area contributed by atoms with Gasteiger partial charge < -0.3 is 0 Å². The summed E-state index contributed by atoms with van der Waals surface area (Å²) < 4.78 is 13.1. The number of hydrogen-bond donors (Lipinski definition) is 1. The van der Waals surface area contributed by atoms with E-state index in [1.807, 2.05) is 6.92 Å². The lowest BCUT2D eigenvalue weighted by Gasteiger charge is -1.90. The standard InChI is InChI=1S/C7H9FNO/c1-2-7-4-3-6(8)5-9(7)10/h3-5,10H,2H2,1H3/q+1. The molecule has 3 heteroatoms. The van der Waals surface area contributed by atoms with Crippen molar-refractivity contribution in [3.63, 3.8) is 0 Å². The Morgan fingerprint density at radius 2 is 2.30 bits per heavy atom. The molecule has 0 saturated heterocycles. The van der Waals surface area contributed by atoms with Crippen LogP contribution in [-0.2, 0) is 6.42 Å². The average molecular weight is 142 g/mol. The Hall–Kier alpha value is -1.12. The highest BCUT2D eigenvalue weighted by Crippen LogP contribution is 1.95. The minimum atomic E-state index is -0.431. The quantitative estimate of drug-likeness (QED) is 0.457. The third-order valence-corrected chi connectivity index (χ3v) is 1.34. The van der Waals surface area contributed by atoms with Gasteiger partial charge in [0, 0.05) is 17.2 Å². The summed E-state index contributed by atoms with van der Waals surface area (Å²) in [6.45, 7) is 1.89. The van der Waals surface area contributed by atoms with Crippen molar-refractivity contribution in [3.8, 4) is 0 Å². The topological polar surface area (TPSA) is 24.1 Å². The number of hydrogen-bond acceptors (Lipinski definition) is 1. The smallest absolute Gasteiger partial charge is 0.258 e. The first-order valence-electron chi connectivity index (χ1n) is 3.13. The molecule has 0 aliphatic heterocycles. The molecule has 0 radical (unpaired) electrons. The minimum Gasteiger partial charge on any atom is -0.285 e. The maximum absolute atomic E-state index is 12.3. The normalized spacial score (nSPS) is 9.80. The van der Waals surface area contributed by atoms with Gasteiger partial charge in [-0.15, -0.1) is 0 Å². The van der Waals surface area contributed by atoms with Gasteiger partial charge in [0.25, 0.3) is 6.20 Å². The number of nitrogens with zero attached hydrogens (tertiary/aromatic N) is 1. The van der Waals surface area contributed by atoms with E-state index in [0.717, 1.165) is 10.9 Å². The van der Waals surface area contributed by atoms with Crippen molar-refractivity contribution in [1.82, 2.24) is 0 Å². The molecule has 0 fully saturated rings. The van der Waals surface area contributed by atoms with Crippen molar-refractivity contribution in [2.45, 2.75) is 13.3 Å². The van der Waals surface area contributed by atoms with E-state index in [1.54, 1.807) is 6.07 Å². The molecule has 0 aromatic carbocycles. The molecular weight excluding hydrogens is 133 g/mol. The Morgan fingerprint density at radius 3 is 2.80 bits per heavy atom. The predicted octanol–water partition coefficient (Wildman–Crippen LogP) is 0.913. The highest BCUT2D eigenvalue weighted by atomic mass is 19.1. The Kier molecular flexibility index (Phi) is 1.85. The summed E-state index contributed by atoms with van der Waals surface area (Å²) in [5.74, 6) is -0.431. The lowest BCUT2D eigenvalue weighted by Crippen LogP contribution is -2.34. The summed E-state index contributed by atoms with van der Waals surface area (Å²) in [7, 11) is 0. The zero-order chi connectivity index (χ0) is 7.56. The van der Waals surface area contributed by atoms with E-state index in [1.165, 1.54) is 6.07 Å². The van der Waals surface area contributed by atoms with Gasteiger partial charge in [-0.1, -0.05) is 6.92 Å². The van der Waals surface area contributed by atoms with Crippen molar-refractivity contribution >= 4 is 0 Å². The first kappa shape index (κ1) is 6.99. The number of rotatable bonds is 1. The molecule has 0 spiro atoms. The number of aryl methyl sites for hydroxylation is 1. The molecule has 0 atom stereocenters. The van der Waals surface area contributed by atoms with Crippen LogP contribution in [0.3, 0.4) is 0 Å². The van der Waals surface area contributed by atoms with E-state index in [-0.39, 0.29) is 0 Å². The second kappa shape index (κ2) is 2.64. The number of halogens is 1.